The van der Waals surface area contributed by atoms with E-state index in [4.69, 9.17) is 0 Å². The van der Waals surface area contributed by atoms with Gasteiger partial charge in [-0.25, -0.2) is 0 Å². The van der Waals surface area contributed by atoms with Crippen molar-refractivity contribution in [1.29, 1.82) is 0 Å². The first-order valence-electron chi connectivity index (χ1n) is 8.29. The summed E-state index contributed by atoms with van der Waals surface area (Å²) in [5.74, 6) is 0.954. The molecule has 1 N–H and O–H groups in total. The maximum atomic E-state index is 12.7. The van der Waals surface area contributed by atoms with Crippen LogP contribution in [0.25, 0.3) is 0 Å². The van der Waals surface area contributed by atoms with Crippen molar-refractivity contribution in [1.82, 2.24) is 13.9 Å². The normalized spacial score (nSPS) is 23.9. The molecule has 1 aliphatic heterocycles. The summed E-state index contributed by atoms with van der Waals surface area (Å²) in [7, 11) is -1.59. The van der Waals surface area contributed by atoms with Crippen LogP contribution in [0.2, 0.25) is 0 Å². The SMILES string of the molecule is CC(C)C(C)N(C)S(=O)(=O)N1CCC(CNC2CC2)CC1. The molecule has 0 aromatic carbocycles. The second-order valence-corrected chi connectivity index (χ2v) is 9.02. The molecule has 1 atom stereocenters. The standard InChI is InChI=1S/C15H31N3O2S/c1-12(2)13(3)17(4)21(19,20)18-9-7-14(8-10-18)11-16-15-5-6-15/h12-16H,5-11H2,1-4H3. The molecule has 124 valence electrons. The maximum Gasteiger partial charge on any atom is 0.281 e. The van der Waals surface area contributed by atoms with Crippen LogP contribution in [0.1, 0.15) is 46.5 Å². The second-order valence-electron chi connectivity index (χ2n) is 7.03. The lowest BCUT2D eigenvalue weighted by molar-refractivity contribution is 0.235. The molecule has 0 bridgehead atoms. The van der Waals surface area contributed by atoms with E-state index in [1.54, 1.807) is 15.7 Å². The predicted octanol–water partition coefficient (Wildman–Crippen LogP) is 1.67. The molecular weight excluding hydrogens is 286 g/mol. The van der Waals surface area contributed by atoms with Crippen LogP contribution in [-0.2, 0) is 10.2 Å². The Morgan fingerprint density at radius 3 is 2.19 bits per heavy atom. The van der Waals surface area contributed by atoms with E-state index in [1.807, 2.05) is 6.92 Å². The zero-order chi connectivity index (χ0) is 15.6. The van der Waals surface area contributed by atoms with Crippen LogP contribution in [0.5, 0.6) is 0 Å². The lowest BCUT2D eigenvalue weighted by atomic mass is 9.98. The van der Waals surface area contributed by atoms with E-state index < -0.39 is 10.2 Å². The fourth-order valence-electron chi connectivity index (χ4n) is 2.78. The molecule has 0 radical (unpaired) electrons. The van der Waals surface area contributed by atoms with Crippen molar-refractivity contribution in [2.45, 2.75) is 58.5 Å². The van der Waals surface area contributed by atoms with Gasteiger partial charge in [-0.2, -0.15) is 17.0 Å². The number of piperidine rings is 1. The molecule has 1 heterocycles. The van der Waals surface area contributed by atoms with Crippen molar-refractivity contribution in [2.75, 3.05) is 26.7 Å². The number of nitrogens with one attached hydrogen (secondary N) is 1. The first-order chi connectivity index (χ1) is 9.82. The van der Waals surface area contributed by atoms with Gasteiger partial charge in [-0.3, -0.25) is 0 Å². The van der Waals surface area contributed by atoms with Crippen molar-refractivity contribution in [2.24, 2.45) is 11.8 Å². The average molecular weight is 317 g/mol. The Hall–Kier alpha value is -0.170. The van der Waals surface area contributed by atoms with Crippen LogP contribution < -0.4 is 5.32 Å². The first kappa shape index (κ1) is 17.2. The summed E-state index contributed by atoms with van der Waals surface area (Å²) in [4.78, 5) is 0. The van der Waals surface area contributed by atoms with Gasteiger partial charge in [0.2, 0.25) is 0 Å². The van der Waals surface area contributed by atoms with Crippen LogP contribution in [0.15, 0.2) is 0 Å². The summed E-state index contributed by atoms with van der Waals surface area (Å²) in [5, 5.41) is 3.56. The van der Waals surface area contributed by atoms with Crippen molar-refractivity contribution in [3.05, 3.63) is 0 Å². The Bertz CT molecular complexity index is 426. The van der Waals surface area contributed by atoms with E-state index in [0.717, 1.165) is 25.4 Å². The maximum absolute atomic E-state index is 12.7. The quantitative estimate of drug-likeness (QED) is 0.777. The molecule has 2 aliphatic rings. The van der Waals surface area contributed by atoms with Crippen molar-refractivity contribution in [3.8, 4) is 0 Å². The molecule has 6 heteroatoms. The molecule has 1 saturated carbocycles. The molecule has 2 fully saturated rings. The third-order valence-corrected chi connectivity index (χ3v) is 7.15. The van der Waals surface area contributed by atoms with Gasteiger partial charge in [-0.1, -0.05) is 13.8 Å². The van der Waals surface area contributed by atoms with E-state index in [2.05, 4.69) is 19.2 Å². The monoisotopic (exact) mass is 317 g/mol. The largest absolute Gasteiger partial charge is 0.314 e. The molecule has 0 amide bonds. The lowest BCUT2D eigenvalue weighted by Crippen LogP contribution is -2.50. The molecule has 1 unspecified atom stereocenters. The van der Waals surface area contributed by atoms with Gasteiger partial charge in [0, 0.05) is 32.2 Å². The molecule has 5 nitrogen and oxygen atoms in total. The van der Waals surface area contributed by atoms with Crippen LogP contribution in [0.3, 0.4) is 0 Å². The highest BCUT2D eigenvalue weighted by Gasteiger charge is 2.34. The Labute approximate surface area is 130 Å². The summed E-state index contributed by atoms with van der Waals surface area (Å²) in [6, 6.07) is 0.772. The van der Waals surface area contributed by atoms with E-state index in [9.17, 15) is 8.42 Å². The van der Waals surface area contributed by atoms with E-state index in [0.29, 0.717) is 24.9 Å². The summed E-state index contributed by atoms with van der Waals surface area (Å²) in [6.07, 6.45) is 4.57. The van der Waals surface area contributed by atoms with E-state index >= 15 is 0 Å². The van der Waals surface area contributed by atoms with E-state index in [-0.39, 0.29) is 6.04 Å². The number of nitrogens with zero attached hydrogens (tertiary/aromatic N) is 2. The van der Waals surface area contributed by atoms with Crippen LogP contribution in [-0.4, -0.2) is 55.8 Å². The molecule has 0 spiro atoms. The van der Waals surface area contributed by atoms with Crippen molar-refractivity contribution in [3.63, 3.8) is 0 Å². The predicted molar refractivity (Wildman–Crippen MR) is 86.3 cm³/mol. The molecule has 0 aromatic rings. The van der Waals surface area contributed by atoms with Gasteiger partial charge in [0.05, 0.1) is 0 Å². The summed E-state index contributed by atoms with van der Waals surface area (Å²) >= 11 is 0. The minimum Gasteiger partial charge on any atom is -0.314 e. The van der Waals surface area contributed by atoms with Gasteiger partial charge in [0.15, 0.2) is 0 Å². The fraction of sp³-hybridized carbons (Fsp3) is 1.00. The zero-order valence-corrected chi connectivity index (χ0v) is 14.7. The highest BCUT2D eigenvalue weighted by atomic mass is 32.2. The molecule has 21 heavy (non-hydrogen) atoms. The Balaban J connectivity index is 1.84. The van der Waals surface area contributed by atoms with Gasteiger partial charge in [0.1, 0.15) is 0 Å². The van der Waals surface area contributed by atoms with Crippen LogP contribution in [0.4, 0.5) is 0 Å². The lowest BCUT2D eigenvalue weighted by Gasteiger charge is -2.36. The molecule has 2 rings (SSSR count). The van der Waals surface area contributed by atoms with Gasteiger partial charge in [0.25, 0.3) is 10.2 Å². The van der Waals surface area contributed by atoms with Crippen LogP contribution in [0, 0.1) is 11.8 Å². The zero-order valence-electron chi connectivity index (χ0n) is 13.9. The third-order valence-electron chi connectivity index (χ3n) is 5.07. The average Bonchev–Trinajstić information content (AvgIpc) is 3.28. The number of hydrogen-bond acceptors (Lipinski definition) is 3. The van der Waals surface area contributed by atoms with E-state index in [1.165, 1.54) is 12.8 Å². The molecule has 1 aliphatic carbocycles. The summed E-state index contributed by atoms with van der Waals surface area (Å²) in [6.45, 7) is 8.48. The second kappa shape index (κ2) is 6.94. The van der Waals surface area contributed by atoms with Crippen molar-refractivity contribution < 1.29 is 8.42 Å². The van der Waals surface area contributed by atoms with Crippen molar-refractivity contribution >= 4 is 10.2 Å². The first-order valence-corrected chi connectivity index (χ1v) is 9.68. The highest BCUT2D eigenvalue weighted by molar-refractivity contribution is 7.86. The molecular formula is C15H31N3O2S. The summed E-state index contributed by atoms with van der Waals surface area (Å²) < 4.78 is 28.5. The summed E-state index contributed by atoms with van der Waals surface area (Å²) in [5.41, 5.74) is 0. The number of hydrogen-bond donors (Lipinski definition) is 1. The highest BCUT2D eigenvalue weighted by Crippen LogP contribution is 2.24. The Kier molecular flexibility index (Phi) is 5.68. The minimum absolute atomic E-state index is 0.0317. The van der Waals surface area contributed by atoms with Gasteiger partial charge in [-0.05, 0) is 51.0 Å². The van der Waals surface area contributed by atoms with Crippen LogP contribution >= 0.6 is 0 Å². The van der Waals surface area contributed by atoms with Gasteiger partial charge >= 0.3 is 0 Å². The Morgan fingerprint density at radius 2 is 1.71 bits per heavy atom. The third kappa shape index (κ3) is 4.41. The molecule has 1 saturated heterocycles. The smallest absolute Gasteiger partial charge is 0.281 e. The van der Waals surface area contributed by atoms with Gasteiger partial charge in [-0.15, -0.1) is 0 Å². The fourth-order valence-corrected chi connectivity index (χ4v) is 4.48. The number of rotatable bonds is 7. The topological polar surface area (TPSA) is 52.7 Å². The van der Waals surface area contributed by atoms with Gasteiger partial charge < -0.3 is 5.32 Å². The Morgan fingerprint density at radius 1 is 1.14 bits per heavy atom. The minimum atomic E-state index is -3.30. The molecule has 0 aromatic heterocycles.